The summed E-state index contributed by atoms with van der Waals surface area (Å²) in [5.74, 6) is 0.912. The molecule has 0 spiro atoms. The van der Waals surface area contributed by atoms with E-state index in [2.05, 4.69) is 6.07 Å². The Labute approximate surface area is 96.7 Å². The number of hydrogen-bond acceptors (Lipinski definition) is 1. The van der Waals surface area contributed by atoms with E-state index < -0.39 is 0 Å². The first-order valence-electron chi connectivity index (χ1n) is 5.39. The van der Waals surface area contributed by atoms with E-state index in [0.717, 1.165) is 22.4 Å². The maximum Gasteiger partial charge on any atom is 0.127 e. The molecule has 2 radical (unpaired) electrons. The molecule has 1 nitrogen and oxygen atoms in total. The van der Waals surface area contributed by atoms with E-state index in [4.69, 9.17) is 11.7 Å². The molecule has 16 heavy (non-hydrogen) atoms. The predicted octanol–water partition coefficient (Wildman–Crippen LogP) is 3.81. The Morgan fingerprint density at radius 1 is 1.00 bits per heavy atom. The lowest BCUT2D eigenvalue weighted by Gasteiger charge is -2.10. The standard InChI is InChI=1S/C15H14O/c1-3-16-15-7-5-4-6-14(15)13-10-8-12(2)9-11-13/h2,4-11H,3H2,1H3. The van der Waals surface area contributed by atoms with Crippen LogP contribution in [-0.2, 0) is 0 Å². The molecule has 1 heteroatoms. The third-order valence-electron chi connectivity index (χ3n) is 2.41. The molecule has 0 atom stereocenters. The normalized spacial score (nSPS) is 10.1. The summed E-state index contributed by atoms with van der Waals surface area (Å²) in [5, 5.41) is 0. The van der Waals surface area contributed by atoms with Gasteiger partial charge >= 0.3 is 0 Å². The predicted molar refractivity (Wildman–Crippen MR) is 66.4 cm³/mol. The molecule has 0 N–H and O–H groups in total. The molecule has 0 aromatic heterocycles. The molecule has 2 aromatic rings. The molecular formula is C15H14O. The monoisotopic (exact) mass is 210 g/mol. The lowest BCUT2D eigenvalue weighted by Crippen LogP contribution is -1.93. The second kappa shape index (κ2) is 4.84. The molecule has 0 unspecified atom stereocenters. The van der Waals surface area contributed by atoms with Crippen LogP contribution in [0.4, 0.5) is 0 Å². The first kappa shape index (κ1) is 10.7. The zero-order chi connectivity index (χ0) is 11.4. The van der Waals surface area contributed by atoms with Crippen LogP contribution in [0.2, 0.25) is 0 Å². The first-order chi connectivity index (χ1) is 7.81. The van der Waals surface area contributed by atoms with Gasteiger partial charge < -0.3 is 4.74 Å². The highest BCUT2D eigenvalue weighted by atomic mass is 16.5. The van der Waals surface area contributed by atoms with Crippen molar-refractivity contribution in [1.82, 2.24) is 0 Å². The number of ether oxygens (including phenoxy) is 1. The fourth-order valence-corrected chi connectivity index (χ4v) is 1.65. The van der Waals surface area contributed by atoms with Gasteiger partial charge in [-0.25, -0.2) is 0 Å². The van der Waals surface area contributed by atoms with Gasteiger partial charge in [0.05, 0.1) is 6.61 Å². The maximum absolute atomic E-state index is 5.67. The number of hydrogen-bond donors (Lipinski definition) is 0. The molecule has 0 saturated heterocycles. The van der Waals surface area contributed by atoms with Gasteiger partial charge in [-0.15, -0.1) is 0 Å². The van der Waals surface area contributed by atoms with Gasteiger partial charge in [-0.2, -0.15) is 0 Å². The topological polar surface area (TPSA) is 9.23 Å². The molecular weight excluding hydrogens is 196 g/mol. The first-order valence-corrected chi connectivity index (χ1v) is 5.39. The van der Waals surface area contributed by atoms with Crippen LogP contribution in [0.15, 0.2) is 48.5 Å². The largest absolute Gasteiger partial charge is 0.493 e. The van der Waals surface area contributed by atoms with Crippen LogP contribution >= 0.6 is 0 Å². The van der Waals surface area contributed by atoms with Crippen molar-refractivity contribution in [3.63, 3.8) is 0 Å². The van der Waals surface area contributed by atoms with Gasteiger partial charge in [-0.1, -0.05) is 42.5 Å². The van der Waals surface area contributed by atoms with Crippen LogP contribution in [0.3, 0.4) is 0 Å². The Balaban J connectivity index is 2.42. The highest BCUT2D eigenvalue weighted by Gasteiger charge is 2.04. The SMILES string of the molecule is [CH]c1ccc(-c2ccccc2OCC)cc1. The summed E-state index contributed by atoms with van der Waals surface area (Å²) >= 11 is 0. The van der Waals surface area contributed by atoms with Gasteiger partial charge in [0.15, 0.2) is 0 Å². The van der Waals surface area contributed by atoms with E-state index in [1.807, 2.05) is 49.4 Å². The molecule has 0 bridgehead atoms. The Morgan fingerprint density at radius 2 is 1.69 bits per heavy atom. The minimum atomic E-state index is 0.673. The Morgan fingerprint density at radius 3 is 2.38 bits per heavy atom. The second-order valence-corrected chi connectivity index (χ2v) is 3.55. The summed E-state index contributed by atoms with van der Waals surface area (Å²) in [6, 6.07) is 15.8. The van der Waals surface area contributed by atoms with Gasteiger partial charge in [0, 0.05) is 5.56 Å². The van der Waals surface area contributed by atoms with Crippen LogP contribution in [0.1, 0.15) is 12.5 Å². The van der Waals surface area contributed by atoms with E-state index in [1.54, 1.807) is 0 Å². The van der Waals surface area contributed by atoms with E-state index in [9.17, 15) is 0 Å². The smallest absolute Gasteiger partial charge is 0.127 e. The number of para-hydroxylation sites is 1. The molecule has 80 valence electrons. The summed E-state index contributed by atoms with van der Waals surface area (Å²) in [4.78, 5) is 0. The van der Waals surface area contributed by atoms with Crippen molar-refractivity contribution in [2.24, 2.45) is 0 Å². The number of benzene rings is 2. The van der Waals surface area contributed by atoms with Crippen molar-refractivity contribution < 1.29 is 4.74 Å². The van der Waals surface area contributed by atoms with Crippen LogP contribution in [0.25, 0.3) is 11.1 Å². The minimum absolute atomic E-state index is 0.673. The molecule has 0 fully saturated rings. The summed E-state index contributed by atoms with van der Waals surface area (Å²) in [6.07, 6.45) is 0. The Kier molecular flexibility index (Phi) is 3.25. The molecule has 0 aliphatic rings. The molecule has 0 aliphatic heterocycles. The van der Waals surface area contributed by atoms with Crippen molar-refractivity contribution in [2.45, 2.75) is 6.92 Å². The van der Waals surface area contributed by atoms with Gasteiger partial charge in [0.25, 0.3) is 0 Å². The fraction of sp³-hybridized carbons (Fsp3) is 0.133. The Hall–Kier alpha value is -1.76. The lowest BCUT2D eigenvalue weighted by molar-refractivity contribution is 0.341. The van der Waals surface area contributed by atoms with E-state index >= 15 is 0 Å². The molecule has 0 amide bonds. The highest BCUT2D eigenvalue weighted by molar-refractivity contribution is 5.70. The number of rotatable bonds is 3. The zero-order valence-electron chi connectivity index (χ0n) is 9.31. The lowest BCUT2D eigenvalue weighted by atomic mass is 10.0. The van der Waals surface area contributed by atoms with Crippen LogP contribution < -0.4 is 4.74 Å². The second-order valence-electron chi connectivity index (χ2n) is 3.55. The summed E-state index contributed by atoms with van der Waals surface area (Å²) in [5.41, 5.74) is 3.00. The van der Waals surface area contributed by atoms with Crippen LogP contribution in [0.5, 0.6) is 5.75 Å². The van der Waals surface area contributed by atoms with Gasteiger partial charge in [-0.3, -0.25) is 0 Å². The van der Waals surface area contributed by atoms with Crippen molar-refractivity contribution in [3.8, 4) is 16.9 Å². The molecule has 0 aliphatic carbocycles. The van der Waals surface area contributed by atoms with Gasteiger partial charge in [-0.05, 0) is 31.0 Å². The minimum Gasteiger partial charge on any atom is -0.493 e. The van der Waals surface area contributed by atoms with Crippen molar-refractivity contribution >= 4 is 0 Å². The zero-order valence-corrected chi connectivity index (χ0v) is 9.31. The van der Waals surface area contributed by atoms with Crippen molar-refractivity contribution in [1.29, 1.82) is 0 Å². The fourth-order valence-electron chi connectivity index (χ4n) is 1.65. The molecule has 2 rings (SSSR count). The van der Waals surface area contributed by atoms with Crippen LogP contribution in [0, 0.1) is 6.92 Å². The summed E-state index contributed by atoms with van der Waals surface area (Å²) in [7, 11) is 0. The van der Waals surface area contributed by atoms with E-state index in [0.29, 0.717) is 6.61 Å². The maximum atomic E-state index is 5.67. The van der Waals surface area contributed by atoms with E-state index in [1.165, 1.54) is 0 Å². The quantitative estimate of drug-likeness (QED) is 0.748. The summed E-state index contributed by atoms with van der Waals surface area (Å²) < 4.78 is 5.59. The Bertz CT molecular complexity index is 457. The van der Waals surface area contributed by atoms with Crippen molar-refractivity contribution in [3.05, 3.63) is 61.0 Å². The summed E-state index contributed by atoms with van der Waals surface area (Å²) in [6.45, 7) is 8.33. The van der Waals surface area contributed by atoms with Crippen molar-refractivity contribution in [2.75, 3.05) is 6.61 Å². The highest BCUT2D eigenvalue weighted by Crippen LogP contribution is 2.29. The van der Waals surface area contributed by atoms with Gasteiger partial charge in [0.1, 0.15) is 5.75 Å². The third-order valence-corrected chi connectivity index (χ3v) is 2.41. The third kappa shape index (κ3) is 2.25. The average molecular weight is 210 g/mol. The van der Waals surface area contributed by atoms with Crippen LogP contribution in [-0.4, -0.2) is 6.61 Å². The molecule has 2 aromatic carbocycles. The van der Waals surface area contributed by atoms with Gasteiger partial charge in [0.2, 0.25) is 0 Å². The molecule has 0 heterocycles. The van der Waals surface area contributed by atoms with E-state index in [-0.39, 0.29) is 0 Å². The molecule has 0 saturated carbocycles. The average Bonchev–Trinajstić information content (AvgIpc) is 2.32.